The van der Waals surface area contributed by atoms with Gasteiger partial charge in [-0.1, -0.05) is 30.4 Å². The van der Waals surface area contributed by atoms with Gasteiger partial charge < -0.3 is 19.5 Å². The zero-order chi connectivity index (χ0) is 19.0. The maximum atomic E-state index is 14.5. The van der Waals surface area contributed by atoms with Crippen LogP contribution in [0.2, 0.25) is 0 Å². The molecule has 1 saturated heterocycles. The molecule has 3 heterocycles. The van der Waals surface area contributed by atoms with Gasteiger partial charge >= 0.3 is 0 Å². The Kier molecular flexibility index (Phi) is 4.92. The molecule has 1 atom stereocenters. The van der Waals surface area contributed by atoms with Gasteiger partial charge in [-0.05, 0) is 25.0 Å². The molecule has 1 fully saturated rings. The highest BCUT2D eigenvalue weighted by Gasteiger charge is 2.28. The number of benzene rings is 1. The molecule has 0 unspecified atom stereocenters. The summed E-state index contributed by atoms with van der Waals surface area (Å²) in [6.07, 6.45) is 0.898. The molecule has 2 aliphatic heterocycles. The lowest BCUT2D eigenvalue weighted by Gasteiger charge is -2.29. The molecule has 142 valence electrons. The Bertz CT molecular complexity index is 926. The van der Waals surface area contributed by atoms with Gasteiger partial charge in [-0.3, -0.25) is 4.79 Å². The second-order valence-corrected chi connectivity index (χ2v) is 7.27. The summed E-state index contributed by atoms with van der Waals surface area (Å²) >= 11 is 5.06. The van der Waals surface area contributed by atoms with Crippen molar-refractivity contribution >= 4 is 29.5 Å². The Balaban J connectivity index is 1.61. The lowest BCUT2D eigenvalue weighted by atomic mass is 10.1. The molecule has 0 bridgehead atoms. The van der Waals surface area contributed by atoms with Crippen molar-refractivity contribution in [3.05, 3.63) is 46.1 Å². The minimum Gasteiger partial charge on any atom is -0.378 e. The number of rotatable bonds is 4. The zero-order valence-electron chi connectivity index (χ0n) is 15.1. The number of hydrogen-bond donors (Lipinski definition) is 1. The van der Waals surface area contributed by atoms with Gasteiger partial charge in [0.1, 0.15) is 5.82 Å². The van der Waals surface area contributed by atoms with Gasteiger partial charge in [0.2, 0.25) is 5.78 Å². The molecular weight excluding hydrogens is 367 g/mol. The zero-order valence-corrected chi connectivity index (χ0v) is 15.9. The summed E-state index contributed by atoms with van der Waals surface area (Å²) in [4.78, 5) is 23.7. The molecule has 6 nitrogen and oxygen atoms in total. The van der Waals surface area contributed by atoms with Crippen molar-refractivity contribution in [3.63, 3.8) is 0 Å². The number of hydrogen-bond acceptors (Lipinski definition) is 6. The van der Waals surface area contributed by atoms with E-state index in [1.807, 2.05) is 18.2 Å². The highest BCUT2D eigenvalue weighted by Crippen LogP contribution is 2.31. The number of H-pyrrole nitrogens is 1. The van der Waals surface area contributed by atoms with E-state index in [4.69, 9.17) is 17.0 Å². The standard InChI is InChI=1S/C19H21FN4O2S/c1-12-10-13-4-2-3-5-14(13)24(12)11-15(25)17-21-18(16(20)19(27)22-17)23-6-8-26-9-7-23/h2-5,12H,6-11H2,1H3,(H,21,22,27)/t12-/m0/s1. The van der Waals surface area contributed by atoms with Crippen molar-refractivity contribution in [3.8, 4) is 0 Å². The number of halogens is 1. The van der Waals surface area contributed by atoms with E-state index < -0.39 is 5.82 Å². The molecule has 2 aromatic rings. The number of morpholine rings is 1. The van der Waals surface area contributed by atoms with E-state index in [-0.39, 0.29) is 34.7 Å². The van der Waals surface area contributed by atoms with E-state index in [1.54, 1.807) is 4.90 Å². The number of ketones is 1. The van der Waals surface area contributed by atoms with E-state index in [0.717, 1.165) is 12.1 Å². The van der Waals surface area contributed by atoms with Crippen LogP contribution in [-0.2, 0) is 11.2 Å². The van der Waals surface area contributed by atoms with Crippen LogP contribution in [0.15, 0.2) is 24.3 Å². The quantitative estimate of drug-likeness (QED) is 0.642. The van der Waals surface area contributed by atoms with Crippen LogP contribution in [0.25, 0.3) is 0 Å². The average Bonchev–Trinajstić information content (AvgIpc) is 3.00. The summed E-state index contributed by atoms with van der Waals surface area (Å²) in [6, 6.07) is 8.29. The second kappa shape index (κ2) is 7.36. The lowest BCUT2D eigenvalue weighted by Crippen LogP contribution is -2.38. The first-order valence-corrected chi connectivity index (χ1v) is 9.45. The molecule has 27 heavy (non-hydrogen) atoms. The Morgan fingerprint density at radius 3 is 2.89 bits per heavy atom. The number of Topliss-reactive ketones (excluding diaryl/α,β-unsaturated/α-hetero) is 1. The monoisotopic (exact) mass is 388 g/mol. The summed E-state index contributed by atoms with van der Waals surface area (Å²) in [7, 11) is 0. The van der Waals surface area contributed by atoms with Crippen LogP contribution in [0.4, 0.5) is 15.9 Å². The Morgan fingerprint density at radius 2 is 2.11 bits per heavy atom. The maximum absolute atomic E-state index is 14.5. The molecule has 8 heteroatoms. The van der Waals surface area contributed by atoms with Crippen LogP contribution in [0, 0.1) is 10.5 Å². The number of aromatic nitrogens is 2. The highest BCUT2D eigenvalue weighted by molar-refractivity contribution is 7.71. The minimum atomic E-state index is -0.594. The number of aromatic amines is 1. The van der Waals surface area contributed by atoms with Crippen LogP contribution >= 0.6 is 12.2 Å². The molecule has 1 N–H and O–H groups in total. The molecule has 2 aliphatic rings. The summed E-state index contributed by atoms with van der Waals surface area (Å²) < 4.78 is 19.6. The topological polar surface area (TPSA) is 61.5 Å². The maximum Gasteiger partial charge on any atom is 0.217 e. The number of nitrogens with one attached hydrogen (secondary N) is 1. The van der Waals surface area contributed by atoms with Crippen LogP contribution in [0.3, 0.4) is 0 Å². The normalized spacial score (nSPS) is 19.3. The van der Waals surface area contributed by atoms with Crippen molar-refractivity contribution in [2.75, 3.05) is 42.6 Å². The van der Waals surface area contributed by atoms with Crippen LogP contribution in [0.5, 0.6) is 0 Å². The fourth-order valence-electron chi connectivity index (χ4n) is 3.68. The van der Waals surface area contributed by atoms with Crippen LogP contribution < -0.4 is 9.80 Å². The van der Waals surface area contributed by atoms with Crippen molar-refractivity contribution in [2.45, 2.75) is 19.4 Å². The minimum absolute atomic E-state index is 0.0967. The van der Waals surface area contributed by atoms with Gasteiger partial charge in [0, 0.05) is 24.8 Å². The fraction of sp³-hybridized carbons (Fsp3) is 0.421. The third-order valence-electron chi connectivity index (χ3n) is 5.10. The number of para-hydroxylation sites is 1. The molecule has 4 rings (SSSR count). The van der Waals surface area contributed by atoms with Gasteiger partial charge in [-0.15, -0.1) is 0 Å². The van der Waals surface area contributed by atoms with Gasteiger partial charge in [0.05, 0.1) is 19.8 Å². The first-order chi connectivity index (χ1) is 13.0. The van der Waals surface area contributed by atoms with E-state index in [1.165, 1.54) is 5.56 Å². The number of anilines is 2. The number of carbonyl (C=O) groups excluding carboxylic acids is 1. The summed E-state index contributed by atoms with van der Waals surface area (Å²) in [6.45, 7) is 4.35. The van der Waals surface area contributed by atoms with Gasteiger partial charge in [-0.2, -0.15) is 4.39 Å². The third kappa shape index (κ3) is 3.46. The first kappa shape index (κ1) is 18.1. The predicted octanol–water partition coefficient (Wildman–Crippen LogP) is 2.75. The Hall–Kier alpha value is -2.32. The van der Waals surface area contributed by atoms with E-state index in [2.05, 4.69) is 27.9 Å². The summed E-state index contributed by atoms with van der Waals surface area (Å²) in [5.41, 5.74) is 2.29. The van der Waals surface area contributed by atoms with Crippen molar-refractivity contribution in [1.82, 2.24) is 9.97 Å². The van der Waals surface area contributed by atoms with E-state index in [0.29, 0.717) is 26.3 Å². The van der Waals surface area contributed by atoms with Crippen molar-refractivity contribution in [1.29, 1.82) is 0 Å². The third-order valence-corrected chi connectivity index (χ3v) is 5.37. The Morgan fingerprint density at radius 1 is 1.37 bits per heavy atom. The predicted molar refractivity (Wildman–Crippen MR) is 104 cm³/mol. The first-order valence-electron chi connectivity index (χ1n) is 9.05. The highest BCUT2D eigenvalue weighted by atomic mass is 32.1. The Labute approximate surface area is 162 Å². The molecule has 0 spiro atoms. The number of fused-ring (bicyclic) bond motifs is 1. The number of nitrogens with zero attached hydrogens (tertiary/aromatic N) is 3. The van der Waals surface area contributed by atoms with Gasteiger partial charge in [0.25, 0.3) is 0 Å². The molecule has 0 saturated carbocycles. The second-order valence-electron chi connectivity index (χ2n) is 6.89. The molecule has 0 aliphatic carbocycles. The fourth-order valence-corrected chi connectivity index (χ4v) is 3.87. The lowest BCUT2D eigenvalue weighted by molar-refractivity contribution is 0.0987. The van der Waals surface area contributed by atoms with Gasteiger partial charge in [0.15, 0.2) is 16.3 Å². The molecule has 1 aromatic carbocycles. The number of carbonyl (C=O) groups is 1. The van der Waals surface area contributed by atoms with E-state index in [9.17, 15) is 9.18 Å². The average molecular weight is 388 g/mol. The van der Waals surface area contributed by atoms with Gasteiger partial charge in [-0.25, -0.2) is 4.98 Å². The smallest absolute Gasteiger partial charge is 0.217 e. The van der Waals surface area contributed by atoms with Crippen molar-refractivity contribution in [2.24, 2.45) is 0 Å². The SMILES string of the molecule is C[C@H]1Cc2ccccc2N1CC(=O)c1nc(=S)c(F)c(N2CCOCC2)[nH]1. The summed E-state index contributed by atoms with van der Waals surface area (Å²) in [5.74, 6) is -0.488. The van der Waals surface area contributed by atoms with E-state index >= 15 is 0 Å². The molecule has 0 radical (unpaired) electrons. The molecule has 0 amide bonds. The molecular formula is C19H21FN4O2S. The molecule has 1 aromatic heterocycles. The van der Waals surface area contributed by atoms with Crippen LogP contribution in [0.1, 0.15) is 23.1 Å². The summed E-state index contributed by atoms with van der Waals surface area (Å²) in [5, 5.41) is 0. The van der Waals surface area contributed by atoms with Crippen LogP contribution in [-0.4, -0.2) is 54.6 Å². The van der Waals surface area contributed by atoms with Crippen molar-refractivity contribution < 1.29 is 13.9 Å². The largest absolute Gasteiger partial charge is 0.378 e. The number of ether oxygens (including phenoxy) is 1.